The molecule has 3 aromatic carbocycles. The van der Waals surface area contributed by atoms with Crippen LogP contribution in [0, 0.1) is 33.5 Å². The molecule has 226 valence electrons. The van der Waals surface area contributed by atoms with Crippen LogP contribution in [-0.2, 0) is 0 Å². The Labute approximate surface area is 295 Å². The van der Waals surface area contributed by atoms with E-state index in [1.165, 1.54) is 23.3 Å². The van der Waals surface area contributed by atoms with E-state index < -0.39 is 6.43 Å². The van der Waals surface area contributed by atoms with Crippen LogP contribution in [0.1, 0.15) is 63.1 Å². The number of hydrogen-bond donors (Lipinski definition) is 2. The number of nitrogens with zero attached hydrogens (tertiary/aromatic N) is 1. The monoisotopic (exact) mass is 606 g/mol. The van der Waals surface area contributed by atoms with E-state index in [1.54, 1.807) is 13.0 Å². The van der Waals surface area contributed by atoms with Gasteiger partial charge in [-0.1, -0.05) is 75.0 Å². The smallest absolute Gasteiger partial charge is 0.408 e. The topological polar surface area (TPSA) is 27.3 Å². The summed E-state index contributed by atoms with van der Waals surface area (Å²) >= 11 is 0. The van der Waals surface area contributed by atoms with Crippen LogP contribution in [0.4, 0.5) is 30.2 Å². The number of nitrogens with one attached hydrogen (secondary N) is 2. The molecule has 0 aromatic heterocycles. The van der Waals surface area contributed by atoms with Crippen molar-refractivity contribution in [2.45, 2.75) is 72.8 Å². The molecule has 0 amide bonds. The second kappa shape index (κ2) is 21.7. The predicted molar refractivity (Wildman–Crippen MR) is 171 cm³/mol. The van der Waals surface area contributed by atoms with Gasteiger partial charge in [-0.2, -0.15) is 12.0 Å². The van der Waals surface area contributed by atoms with Crippen molar-refractivity contribution < 1.29 is 64.6 Å². The number of benzene rings is 3. The number of aryl methyl sites for hydroxylation is 2. The quantitative estimate of drug-likeness (QED) is 0.207. The Hall–Kier alpha value is -1.90. The van der Waals surface area contributed by atoms with Crippen molar-refractivity contribution in [1.29, 1.82) is 0 Å². The van der Waals surface area contributed by atoms with Gasteiger partial charge in [0.2, 0.25) is 6.43 Å². The van der Waals surface area contributed by atoms with E-state index in [1.807, 2.05) is 19.1 Å². The molecular weight excluding hydrogens is 558 g/mol. The zero-order valence-corrected chi connectivity index (χ0v) is 29.7. The molecular formula is C35H48F3KN3-. The fraction of sp³-hybridized carbons (Fsp3) is 0.371. The number of halogens is 3. The molecule has 0 radical (unpaired) electrons. The van der Waals surface area contributed by atoms with Crippen LogP contribution in [0.3, 0.4) is 0 Å². The van der Waals surface area contributed by atoms with E-state index in [0.717, 1.165) is 54.3 Å². The molecule has 1 heterocycles. The molecule has 0 bridgehead atoms. The summed E-state index contributed by atoms with van der Waals surface area (Å²) in [5.41, 5.74) is 7.83. The summed E-state index contributed by atoms with van der Waals surface area (Å²) in [4.78, 5) is 2.34. The summed E-state index contributed by atoms with van der Waals surface area (Å²) in [6.07, 6.45) is 2.81. The van der Waals surface area contributed by atoms with Gasteiger partial charge < -0.3 is 23.0 Å². The van der Waals surface area contributed by atoms with Gasteiger partial charge in [0.1, 0.15) is 5.82 Å². The summed E-state index contributed by atoms with van der Waals surface area (Å²) in [6.45, 7) is 16.2. The molecule has 1 aliphatic rings. The third-order valence-corrected chi connectivity index (χ3v) is 6.80. The van der Waals surface area contributed by atoms with Gasteiger partial charge >= 0.3 is 51.4 Å². The van der Waals surface area contributed by atoms with E-state index in [0.29, 0.717) is 12.5 Å². The standard InChI is InChI=1S/C22H27FN3.C8H10.C4H8F2.CH3.K/c1-4-17-14-21(24-19-10-12-26(13-11-19)16(2)3)8-9-22(17)25-20-7-5-6-18(23)15-20;1-7-5-3-4-6-8(7)2;1-2-3-4(5)6;;/h4-9,14-15,19,24-25H,2,10-13H2,1,3H3;3-6H,1-2H3;4H,2-3H2,1H3;1H3;/q-1;;;-1;+1. The van der Waals surface area contributed by atoms with E-state index in [-0.39, 0.29) is 71.0 Å². The first-order valence-electron chi connectivity index (χ1n) is 14.1. The van der Waals surface area contributed by atoms with Gasteiger partial charge in [0.25, 0.3) is 0 Å². The Bertz CT molecular complexity index is 1160. The second-order valence-corrected chi connectivity index (χ2v) is 10.1. The van der Waals surface area contributed by atoms with Gasteiger partial charge in [0.05, 0.1) is 0 Å². The van der Waals surface area contributed by atoms with E-state index in [9.17, 15) is 13.2 Å². The van der Waals surface area contributed by atoms with Crippen molar-refractivity contribution in [3.05, 3.63) is 115 Å². The molecule has 42 heavy (non-hydrogen) atoms. The minimum atomic E-state index is -2.10. The average Bonchev–Trinajstić information content (AvgIpc) is 2.92. The first kappa shape index (κ1) is 40.1. The van der Waals surface area contributed by atoms with Gasteiger partial charge in [0.15, 0.2) is 0 Å². The fourth-order valence-corrected chi connectivity index (χ4v) is 4.25. The van der Waals surface area contributed by atoms with Gasteiger partial charge in [0, 0.05) is 36.9 Å². The van der Waals surface area contributed by atoms with Crippen molar-refractivity contribution in [2.75, 3.05) is 23.7 Å². The fourth-order valence-electron chi connectivity index (χ4n) is 4.25. The number of anilines is 3. The Morgan fingerprint density at radius 3 is 2.05 bits per heavy atom. The Morgan fingerprint density at radius 2 is 1.60 bits per heavy atom. The zero-order chi connectivity index (χ0) is 29.5. The number of allylic oxidation sites excluding steroid dienone is 1. The maximum Gasteiger partial charge on any atom is 1.00 e. The van der Waals surface area contributed by atoms with Gasteiger partial charge in [-0.15, -0.1) is 6.07 Å². The molecule has 0 saturated carbocycles. The van der Waals surface area contributed by atoms with Gasteiger partial charge in [-0.3, -0.25) is 0 Å². The minimum absolute atomic E-state index is 0. The Kier molecular flexibility index (Phi) is 20.7. The molecule has 3 aromatic rings. The van der Waals surface area contributed by atoms with Crippen molar-refractivity contribution in [3.63, 3.8) is 0 Å². The molecule has 0 aliphatic carbocycles. The van der Waals surface area contributed by atoms with Crippen molar-refractivity contribution in [3.8, 4) is 0 Å². The third kappa shape index (κ3) is 15.0. The summed E-state index contributed by atoms with van der Waals surface area (Å²) in [7, 11) is 0. The van der Waals surface area contributed by atoms with E-state index in [4.69, 9.17) is 0 Å². The van der Waals surface area contributed by atoms with Crippen LogP contribution < -0.4 is 62.0 Å². The van der Waals surface area contributed by atoms with E-state index >= 15 is 0 Å². The summed E-state index contributed by atoms with van der Waals surface area (Å²) in [5.74, 6) is -0.239. The second-order valence-electron chi connectivity index (χ2n) is 10.1. The third-order valence-electron chi connectivity index (χ3n) is 6.80. The van der Waals surface area contributed by atoms with Crippen LogP contribution >= 0.6 is 0 Å². The normalized spacial score (nSPS) is 12.4. The molecule has 0 spiro atoms. The molecule has 4 rings (SSSR count). The first-order chi connectivity index (χ1) is 19.1. The number of likely N-dealkylation sites (tertiary alicyclic amines) is 1. The SMILES string of the molecule is C=C(C)N1CCC(Nc2ccc(Nc3cccc(F)c3)c([CH-]C)c2)CC1.CCCC(F)F.Cc1ccccc1C.[CH3-].[K+]. The molecule has 7 heteroatoms. The van der Waals surface area contributed by atoms with Crippen LogP contribution in [-0.4, -0.2) is 30.5 Å². The molecule has 1 aliphatic heterocycles. The number of hydrogen-bond acceptors (Lipinski definition) is 3. The maximum absolute atomic E-state index is 13.4. The number of piperidine rings is 1. The molecule has 0 unspecified atom stereocenters. The first-order valence-corrected chi connectivity index (χ1v) is 14.1. The average molecular weight is 607 g/mol. The van der Waals surface area contributed by atoms with Crippen LogP contribution in [0.15, 0.2) is 79.0 Å². The van der Waals surface area contributed by atoms with Crippen LogP contribution in [0.2, 0.25) is 0 Å². The van der Waals surface area contributed by atoms with Crippen LogP contribution in [0.5, 0.6) is 0 Å². The van der Waals surface area contributed by atoms with E-state index in [2.05, 4.69) is 85.7 Å². The Balaban J connectivity index is 0.000000871. The molecule has 2 N–H and O–H groups in total. The van der Waals surface area contributed by atoms with Crippen molar-refractivity contribution >= 4 is 17.1 Å². The van der Waals surface area contributed by atoms with Gasteiger partial charge in [-0.25, -0.2) is 13.2 Å². The Morgan fingerprint density at radius 1 is 0.976 bits per heavy atom. The summed E-state index contributed by atoms with van der Waals surface area (Å²) < 4.78 is 35.5. The molecule has 1 saturated heterocycles. The largest absolute Gasteiger partial charge is 1.00 e. The molecule has 0 atom stereocenters. The van der Waals surface area contributed by atoms with Crippen LogP contribution in [0.25, 0.3) is 0 Å². The predicted octanol–water partition coefficient (Wildman–Crippen LogP) is 7.36. The van der Waals surface area contributed by atoms with Crippen molar-refractivity contribution in [1.82, 2.24) is 4.90 Å². The minimum Gasteiger partial charge on any atom is -0.408 e. The summed E-state index contributed by atoms with van der Waals surface area (Å²) in [5, 5.41) is 6.95. The number of rotatable bonds is 8. The maximum atomic E-state index is 13.4. The van der Waals surface area contributed by atoms with Crippen molar-refractivity contribution in [2.24, 2.45) is 0 Å². The number of alkyl halides is 2. The summed E-state index contributed by atoms with van der Waals surface area (Å²) in [6, 6.07) is 21.6. The zero-order valence-electron chi connectivity index (χ0n) is 26.6. The molecule has 3 nitrogen and oxygen atoms in total. The van der Waals surface area contributed by atoms with Gasteiger partial charge in [-0.05, 0) is 68.6 Å². The molecule has 1 fully saturated rings.